The number of thioether (sulfide) groups is 1. The van der Waals surface area contributed by atoms with Crippen molar-refractivity contribution in [3.05, 3.63) is 35.1 Å². The van der Waals surface area contributed by atoms with Crippen LogP contribution in [-0.2, 0) is 6.54 Å². The summed E-state index contributed by atoms with van der Waals surface area (Å²) in [6, 6.07) is 4.09. The predicted octanol–water partition coefficient (Wildman–Crippen LogP) is 1.12. The van der Waals surface area contributed by atoms with Crippen molar-refractivity contribution in [1.82, 2.24) is 5.32 Å². The Bertz CT molecular complexity index is 481. The topological polar surface area (TPSA) is 90.9 Å². The summed E-state index contributed by atoms with van der Waals surface area (Å²) < 4.78 is 13.2. The number of rotatable bonds is 7. The molecule has 0 radical (unpaired) electrons. The third-order valence-electron chi connectivity index (χ3n) is 2.73. The van der Waals surface area contributed by atoms with Gasteiger partial charge in [-0.2, -0.15) is 11.8 Å². The Labute approximate surface area is 122 Å². The van der Waals surface area contributed by atoms with Crippen molar-refractivity contribution in [2.24, 2.45) is 10.9 Å². The highest BCUT2D eigenvalue weighted by atomic mass is 32.2. The molecule has 0 heterocycles. The summed E-state index contributed by atoms with van der Waals surface area (Å²) >= 11 is 1.56. The van der Waals surface area contributed by atoms with Gasteiger partial charge in [-0.15, -0.1) is 0 Å². The fourth-order valence-corrected chi connectivity index (χ4v) is 2.55. The first-order chi connectivity index (χ1) is 9.39. The van der Waals surface area contributed by atoms with Crippen molar-refractivity contribution in [2.75, 3.05) is 18.6 Å². The lowest BCUT2D eigenvalue weighted by atomic mass is 10.1. The van der Waals surface area contributed by atoms with Gasteiger partial charge in [0, 0.05) is 24.4 Å². The van der Waals surface area contributed by atoms with Crippen LogP contribution in [0.15, 0.2) is 23.4 Å². The van der Waals surface area contributed by atoms with Crippen LogP contribution in [0.3, 0.4) is 0 Å². The van der Waals surface area contributed by atoms with E-state index >= 15 is 0 Å². The monoisotopic (exact) mass is 301 g/mol. The molecule has 5 nitrogen and oxygen atoms in total. The van der Waals surface area contributed by atoms with Crippen LogP contribution in [-0.4, -0.2) is 40.3 Å². The number of aliphatic hydroxyl groups is 1. The number of nitrogens with two attached hydrogens (primary N) is 1. The summed E-state index contributed by atoms with van der Waals surface area (Å²) in [6.45, 7) is 2.52. The maximum Gasteiger partial charge on any atom is 0.170 e. The molecule has 112 valence electrons. The average molecular weight is 301 g/mol. The second kappa shape index (κ2) is 7.47. The number of nitrogens with zero attached hydrogens (tertiary/aromatic N) is 1. The van der Waals surface area contributed by atoms with Gasteiger partial charge in [0.25, 0.3) is 0 Å². The van der Waals surface area contributed by atoms with Crippen molar-refractivity contribution < 1.29 is 14.7 Å². The Balaban J connectivity index is 2.73. The van der Waals surface area contributed by atoms with Crippen LogP contribution in [0.1, 0.15) is 18.1 Å². The van der Waals surface area contributed by atoms with Crippen molar-refractivity contribution in [1.29, 1.82) is 0 Å². The molecule has 1 atom stereocenters. The fourth-order valence-electron chi connectivity index (χ4n) is 1.82. The van der Waals surface area contributed by atoms with E-state index in [9.17, 15) is 9.50 Å². The van der Waals surface area contributed by atoms with Gasteiger partial charge in [-0.25, -0.2) is 4.39 Å². The number of benzene rings is 1. The number of nitrogens with one attached hydrogen (secondary N) is 1. The summed E-state index contributed by atoms with van der Waals surface area (Å²) in [5, 5.41) is 24.7. The molecular formula is C13H20FN3O2S. The van der Waals surface area contributed by atoms with Crippen LogP contribution in [0.5, 0.6) is 0 Å². The zero-order valence-corrected chi connectivity index (χ0v) is 12.4. The van der Waals surface area contributed by atoms with Crippen molar-refractivity contribution in [3.8, 4) is 0 Å². The molecule has 1 aromatic carbocycles. The SMILES string of the molecule is CSCC(C)(O)CNCc1ccc(F)cc1/C(N)=N/O. The highest BCUT2D eigenvalue weighted by Gasteiger charge is 2.19. The van der Waals surface area contributed by atoms with E-state index in [-0.39, 0.29) is 5.84 Å². The second-order valence-corrected chi connectivity index (χ2v) is 5.69. The molecule has 1 aromatic rings. The van der Waals surface area contributed by atoms with Gasteiger partial charge in [0.15, 0.2) is 5.84 Å². The van der Waals surface area contributed by atoms with Gasteiger partial charge in [-0.3, -0.25) is 0 Å². The van der Waals surface area contributed by atoms with Crippen LogP contribution < -0.4 is 11.1 Å². The summed E-state index contributed by atoms with van der Waals surface area (Å²) in [5.74, 6) is 0.0122. The normalized spacial score (nSPS) is 15.1. The maximum atomic E-state index is 13.2. The molecule has 5 N–H and O–H groups in total. The van der Waals surface area contributed by atoms with Crippen LogP contribution in [0, 0.1) is 5.82 Å². The molecule has 0 saturated heterocycles. The summed E-state index contributed by atoms with van der Waals surface area (Å²) in [5.41, 5.74) is 5.73. The lowest BCUT2D eigenvalue weighted by Crippen LogP contribution is -2.39. The van der Waals surface area contributed by atoms with Gasteiger partial charge >= 0.3 is 0 Å². The highest BCUT2D eigenvalue weighted by Crippen LogP contribution is 2.13. The van der Waals surface area contributed by atoms with Gasteiger partial charge < -0.3 is 21.4 Å². The molecule has 0 bridgehead atoms. The molecule has 0 aliphatic heterocycles. The van der Waals surface area contributed by atoms with E-state index in [1.165, 1.54) is 12.1 Å². The molecular weight excluding hydrogens is 281 g/mol. The van der Waals surface area contributed by atoms with Crippen molar-refractivity contribution >= 4 is 17.6 Å². The Morgan fingerprint density at radius 1 is 1.55 bits per heavy atom. The van der Waals surface area contributed by atoms with E-state index in [4.69, 9.17) is 10.9 Å². The van der Waals surface area contributed by atoms with Crippen molar-refractivity contribution in [3.63, 3.8) is 0 Å². The number of hydrogen-bond donors (Lipinski definition) is 4. The molecule has 0 aliphatic carbocycles. The molecule has 1 unspecified atom stereocenters. The van der Waals surface area contributed by atoms with Gasteiger partial charge in [0.2, 0.25) is 0 Å². The number of hydrogen-bond acceptors (Lipinski definition) is 5. The molecule has 0 aromatic heterocycles. The molecule has 0 saturated carbocycles. The lowest BCUT2D eigenvalue weighted by Gasteiger charge is -2.23. The number of amidine groups is 1. The van der Waals surface area contributed by atoms with E-state index < -0.39 is 11.4 Å². The minimum Gasteiger partial charge on any atom is -0.409 e. The van der Waals surface area contributed by atoms with Crippen LogP contribution in [0.2, 0.25) is 0 Å². The quantitative estimate of drug-likeness (QED) is 0.262. The van der Waals surface area contributed by atoms with E-state index in [0.29, 0.717) is 30.0 Å². The Morgan fingerprint density at radius 3 is 2.85 bits per heavy atom. The fraction of sp³-hybridized carbons (Fsp3) is 0.462. The zero-order chi connectivity index (χ0) is 15.2. The standard InChI is InChI=1S/C13H20FN3O2S/c1-13(18,8-20-2)7-16-6-9-3-4-10(14)5-11(9)12(15)17-19/h3-5,16,18-19H,6-8H2,1-2H3,(H2,15,17). The summed E-state index contributed by atoms with van der Waals surface area (Å²) in [6.07, 6.45) is 1.92. The Hall–Kier alpha value is -1.31. The van der Waals surface area contributed by atoms with Gasteiger partial charge in [-0.05, 0) is 30.9 Å². The smallest absolute Gasteiger partial charge is 0.170 e. The first kappa shape index (κ1) is 16.7. The molecule has 0 amide bonds. The van der Waals surface area contributed by atoms with E-state index in [1.807, 2.05) is 6.26 Å². The number of oxime groups is 1. The maximum absolute atomic E-state index is 13.2. The predicted molar refractivity (Wildman–Crippen MR) is 79.6 cm³/mol. The van der Waals surface area contributed by atoms with E-state index in [1.54, 1.807) is 24.8 Å². The van der Waals surface area contributed by atoms with E-state index in [2.05, 4.69) is 10.5 Å². The lowest BCUT2D eigenvalue weighted by molar-refractivity contribution is 0.0846. The molecule has 0 aliphatic rings. The number of halogens is 1. The second-order valence-electron chi connectivity index (χ2n) is 4.82. The highest BCUT2D eigenvalue weighted by molar-refractivity contribution is 7.98. The van der Waals surface area contributed by atoms with Crippen LogP contribution >= 0.6 is 11.8 Å². The third kappa shape index (κ3) is 4.99. The molecule has 20 heavy (non-hydrogen) atoms. The first-order valence-corrected chi connectivity index (χ1v) is 7.47. The Morgan fingerprint density at radius 2 is 2.25 bits per heavy atom. The molecule has 0 spiro atoms. The molecule has 7 heteroatoms. The molecule has 1 rings (SSSR count). The zero-order valence-electron chi connectivity index (χ0n) is 11.6. The third-order valence-corrected chi connectivity index (χ3v) is 3.64. The van der Waals surface area contributed by atoms with Crippen LogP contribution in [0.4, 0.5) is 4.39 Å². The summed E-state index contributed by atoms with van der Waals surface area (Å²) in [4.78, 5) is 0. The van der Waals surface area contributed by atoms with Gasteiger partial charge in [0.1, 0.15) is 5.82 Å². The largest absolute Gasteiger partial charge is 0.409 e. The van der Waals surface area contributed by atoms with E-state index in [0.717, 1.165) is 0 Å². The molecule has 0 fully saturated rings. The minimum atomic E-state index is -0.823. The summed E-state index contributed by atoms with van der Waals surface area (Å²) in [7, 11) is 0. The Kier molecular flexibility index (Phi) is 6.25. The first-order valence-electron chi connectivity index (χ1n) is 6.08. The van der Waals surface area contributed by atoms with Gasteiger partial charge in [-0.1, -0.05) is 11.2 Å². The van der Waals surface area contributed by atoms with Gasteiger partial charge in [0.05, 0.1) is 5.60 Å². The average Bonchev–Trinajstić information content (AvgIpc) is 2.39. The minimum absolute atomic E-state index is 0.142. The van der Waals surface area contributed by atoms with Crippen molar-refractivity contribution in [2.45, 2.75) is 19.1 Å². The van der Waals surface area contributed by atoms with Crippen LogP contribution in [0.25, 0.3) is 0 Å².